The van der Waals surface area contributed by atoms with Crippen molar-refractivity contribution >= 4 is 24.6 Å². The molecule has 0 aromatic heterocycles. The summed E-state index contributed by atoms with van der Waals surface area (Å²) in [5.41, 5.74) is 9.53. The molecule has 0 radical (unpaired) electrons. The van der Waals surface area contributed by atoms with Crippen LogP contribution in [-0.2, 0) is 20.4 Å². The number of para-hydroxylation sites is 1. The summed E-state index contributed by atoms with van der Waals surface area (Å²) >= 11 is 0. The van der Waals surface area contributed by atoms with Crippen molar-refractivity contribution in [3.05, 3.63) is 71.8 Å². The fraction of sp³-hybridized carbons (Fsp3) is 0.176. The minimum Gasteiger partial charge on any atom is -0.360 e. The first-order valence-electron chi connectivity index (χ1n) is 7.60. The van der Waals surface area contributed by atoms with Crippen LogP contribution in [0.4, 0.5) is 5.69 Å². The summed E-state index contributed by atoms with van der Waals surface area (Å²) in [6, 6.07) is 17.7. The predicted molar refractivity (Wildman–Crippen MR) is 94.2 cm³/mol. The molecule has 0 aliphatic rings. The molecule has 0 heterocycles. The number of anilines is 1. The number of rotatable bonds is 7. The summed E-state index contributed by atoms with van der Waals surface area (Å²) in [5, 5.41) is 0. The monoisotopic (exact) mass is 359 g/mol. The smallest absolute Gasteiger partial charge is 0.360 e. The van der Waals surface area contributed by atoms with Gasteiger partial charge >= 0.3 is 19.0 Å². The molecule has 0 bridgehead atoms. The highest BCUT2D eigenvalue weighted by Gasteiger charge is 2.45. The number of carbonyl (C=O) groups is 1. The lowest BCUT2D eigenvalue weighted by atomic mass is 10.2. The fourth-order valence-electron chi connectivity index (χ4n) is 2.23. The van der Waals surface area contributed by atoms with E-state index in [0.29, 0.717) is 5.69 Å². The van der Waals surface area contributed by atoms with Crippen LogP contribution in [-0.4, -0.2) is 27.7 Å². The van der Waals surface area contributed by atoms with E-state index in [9.17, 15) is 14.3 Å². The molecule has 2 aromatic carbocycles. The Morgan fingerprint density at radius 2 is 1.72 bits per heavy atom. The van der Waals surface area contributed by atoms with Gasteiger partial charge in [0.2, 0.25) is 0 Å². The van der Waals surface area contributed by atoms with E-state index in [0.717, 1.165) is 5.56 Å². The van der Waals surface area contributed by atoms with Crippen molar-refractivity contribution in [1.82, 2.24) is 0 Å². The van der Waals surface area contributed by atoms with Crippen molar-refractivity contribution in [1.29, 1.82) is 0 Å². The summed E-state index contributed by atoms with van der Waals surface area (Å²) in [6.45, 7) is 1.53. The van der Waals surface area contributed by atoms with Gasteiger partial charge in [-0.3, -0.25) is 9.69 Å². The van der Waals surface area contributed by atoms with E-state index in [2.05, 4.69) is 4.79 Å². The molecule has 0 spiro atoms. The molecule has 8 heteroatoms. The Bertz CT molecular complexity index is 820. The zero-order chi connectivity index (χ0) is 18.3. The highest BCUT2D eigenvalue weighted by atomic mass is 31.2. The first-order chi connectivity index (χ1) is 12.0. The van der Waals surface area contributed by atoms with Gasteiger partial charge in [0.15, 0.2) is 0 Å². The van der Waals surface area contributed by atoms with Crippen molar-refractivity contribution in [2.45, 2.75) is 13.5 Å². The Labute approximate surface area is 145 Å². The normalized spacial score (nSPS) is 12.7. The molecule has 25 heavy (non-hydrogen) atoms. The first kappa shape index (κ1) is 18.8. The molecular weight excluding hydrogens is 341 g/mol. The minimum absolute atomic E-state index is 0.107. The summed E-state index contributed by atoms with van der Waals surface area (Å²) in [6.07, 6.45) is 0. The number of amides is 1. The van der Waals surface area contributed by atoms with Gasteiger partial charge in [-0.05, 0) is 24.6 Å². The Hall–Kier alpha value is -2.56. The molecule has 0 saturated carbocycles. The van der Waals surface area contributed by atoms with Crippen molar-refractivity contribution in [3.63, 3.8) is 0 Å². The molecule has 130 valence electrons. The summed E-state index contributed by atoms with van der Waals surface area (Å²) in [7, 11) is -4.53. The van der Waals surface area contributed by atoms with Crippen LogP contribution in [0.2, 0.25) is 0 Å². The lowest BCUT2D eigenvalue weighted by Gasteiger charge is -2.21. The molecule has 7 nitrogen and oxygen atoms in total. The third kappa shape index (κ3) is 4.72. The van der Waals surface area contributed by atoms with Gasteiger partial charge in [-0.15, -0.1) is 0 Å². The second-order valence-corrected chi connectivity index (χ2v) is 6.80. The van der Waals surface area contributed by atoms with Gasteiger partial charge in [0, 0.05) is 5.69 Å². The second kappa shape index (κ2) is 8.51. The maximum Gasteiger partial charge on any atom is 0.465 e. The summed E-state index contributed by atoms with van der Waals surface area (Å²) in [4.78, 5) is 26.7. The maximum absolute atomic E-state index is 12.8. The molecule has 0 aliphatic carbocycles. The third-order valence-corrected chi connectivity index (χ3v) is 4.78. The van der Waals surface area contributed by atoms with Crippen LogP contribution in [0.25, 0.3) is 5.53 Å². The van der Waals surface area contributed by atoms with Crippen LogP contribution >= 0.6 is 7.60 Å². The SMILES string of the molecule is CCOP(=O)(O)C(=[N+]=[N-])C(=O)N(Cc1ccccc1)c1ccccc1. The van der Waals surface area contributed by atoms with Crippen molar-refractivity contribution in [2.24, 2.45) is 0 Å². The molecule has 1 atom stereocenters. The Morgan fingerprint density at radius 3 is 2.24 bits per heavy atom. The average Bonchev–Trinajstić information content (AvgIpc) is 2.61. The van der Waals surface area contributed by atoms with Crippen molar-refractivity contribution < 1.29 is 23.6 Å². The van der Waals surface area contributed by atoms with Crippen LogP contribution in [0.1, 0.15) is 12.5 Å². The largest absolute Gasteiger partial charge is 0.465 e. The molecule has 1 amide bonds. The molecule has 0 saturated heterocycles. The lowest BCUT2D eigenvalue weighted by Crippen LogP contribution is -2.37. The predicted octanol–water partition coefficient (Wildman–Crippen LogP) is 3.07. The van der Waals surface area contributed by atoms with Gasteiger partial charge in [-0.25, -0.2) is 4.57 Å². The fourth-order valence-corrected chi connectivity index (χ4v) is 3.18. The second-order valence-electron chi connectivity index (χ2n) is 5.07. The van der Waals surface area contributed by atoms with Gasteiger partial charge in [0.25, 0.3) is 0 Å². The number of carbonyl (C=O) groups excluding carboxylic acids is 1. The van der Waals surface area contributed by atoms with Crippen molar-refractivity contribution in [2.75, 3.05) is 11.5 Å². The Kier molecular flexibility index (Phi) is 6.39. The molecule has 0 aliphatic heterocycles. The zero-order valence-electron chi connectivity index (χ0n) is 13.6. The van der Waals surface area contributed by atoms with E-state index in [4.69, 9.17) is 10.1 Å². The number of hydrogen-bond acceptors (Lipinski definition) is 3. The highest BCUT2D eigenvalue weighted by molar-refractivity contribution is 7.74. The van der Waals surface area contributed by atoms with E-state index < -0.39 is 19.0 Å². The first-order valence-corrected chi connectivity index (χ1v) is 9.18. The molecule has 2 rings (SSSR count). The van der Waals surface area contributed by atoms with Crippen LogP contribution in [0.5, 0.6) is 0 Å². The van der Waals surface area contributed by atoms with Crippen LogP contribution < -0.4 is 4.90 Å². The number of benzene rings is 2. The molecule has 1 unspecified atom stereocenters. The minimum atomic E-state index is -4.53. The Balaban J connectivity index is 2.43. The van der Waals surface area contributed by atoms with E-state index >= 15 is 0 Å². The lowest BCUT2D eigenvalue weighted by molar-refractivity contribution is -0.116. The van der Waals surface area contributed by atoms with Crippen LogP contribution in [0.3, 0.4) is 0 Å². The van der Waals surface area contributed by atoms with E-state index in [1.165, 1.54) is 11.8 Å². The average molecular weight is 359 g/mol. The molecule has 2 aromatic rings. The zero-order valence-corrected chi connectivity index (χ0v) is 14.5. The van der Waals surface area contributed by atoms with Gasteiger partial charge in [0.05, 0.1) is 13.2 Å². The summed E-state index contributed by atoms with van der Waals surface area (Å²) in [5.74, 6) is -0.906. The number of hydrogen-bond donors (Lipinski definition) is 1. The van der Waals surface area contributed by atoms with Crippen molar-refractivity contribution in [3.8, 4) is 0 Å². The molecule has 0 fully saturated rings. The van der Waals surface area contributed by atoms with Gasteiger partial charge in [0.1, 0.15) is 0 Å². The Morgan fingerprint density at radius 1 is 1.16 bits per heavy atom. The number of nitrogens with zero attached hydrogens (tertiary/aromatic N) is 3. The summed E-state index contributed by atoms with van der Waals surface area (Å²) < 4.78 is 16.9. The van der Waals surface area contributed by atoms with E-state index in [-0.39, 0.29) is 13.2 Å². The van der Waals surface area contributed by atoms with Crippen LogP contribution in [0.15, 0.2) is 60.7 Å². The van der Waals surface area contributed by atoms with Gasteiger partial charge in [-0.2, -0.15) is 4.79 Å². The van der Waals surface area contributed by atoms with E-state index in [1.54, 1.807) is 30.3 Å². The third-order valence-electron chi connectivity index (χ3n) is 3.35. The maximum atomic E-state index is 12.8. The van der Waals surface area contributed by atoms with Crippen LogP contribution in [0, 0.1) is 0 Å². The molecular formula is C17H18N3O4P. The molecule has 1 N–H and O–H groups in total. The standard InChI is InChI=1S/C17H18N3O4P/c1-2-24-25(22,23)16(19-18)17(21)20(15-11-7-4-8-12-15)13-14-9-5-3-6-10-14/h3-12H,2,13H2,1H3,(H,22,23). The van der Waals surface area contributed by atoms with Gasteiger partial charge < -0.3 is 14.9 Å². The van der Waals surface area contributed by atoms with Gasteiger partial charge in [-0.1, -0.05) is 48.5 Å². The van der Waals surface area contributed by atoms with E-state index in [1.807, 2.05) is 30.3 Å². The quantitative estimate of drug-likeness (QED) is 0.355. The topological polar surface area (TPSA) is 103 Å². The highest BCUT2D eigenvalue weighted by Crippen LogP contribution is 2.43.